The molecule has 0 unspecified atom stereocenters. The van der Waals surface area contributed by atoms with Gasteiger partial charge in [0.05, 0.1) is 11.9 Å². The summed E-state index contributed by atoms with van der Waals surface area (Å²) >= 11 is 0. The molecule has 0 aliphatic carbocycles. The van der Waals surface area contributed by atoms with Gasteiger partial charge in [-0.15, -0.1) is 0 Å². The van der Waals surface area contributed by atoms with E-state index in [2.05, 4.69) is 16.9 Å². The Balaban J connectivity index is 2.15. The van der Waals surface area contributed by atoms with E-state index in [0.29, 0.717) is 13.1 Å². The van der Waals surface area contributed by atoms with Gasteiger partial charge >= 0.3 is 0 Å². The average molecular weight is 342 g/mol. The fourth-order valence-corrected chi connectivity index (χ4v) is 3.90. The first kappa shape index (κ1) is 18.1. The number of sulfonamides is 1. The van der Waals surface area contributed by atoms with E-state index >= 15 is 0 Å². The summed E-state index contributed by atoms with van der Waals surface area (Å²) in [4.78, 5) is 10.9. The molecule has 2 atom stereocenters. The maximum Gasteiger partial charge on any atom is 0.214 e. The summed E-state index contributed by atoms with van der Waals surface area (Å²) in [6.45, 7) is 4.88. The van der Waals surface area contributed by atoms with Crippen LogP contribution in [0.25, 0.3) is 0 Å². The molecule has 23 heavy (non-hydrogen) atoms. The number of aliphatic hydroxyl groups is 1. The highest BCUT2D eigenvalue weighted by atomic mass is 32.2. The van der Waals surface area contributed by atoms with Crippen molar-refractivity contribution in [2.75, 3.05) is 37.8 Å². The van der Waals surface area contributed by atoms with E-state index in [0.717, 1.165) is 30.2 Å². The Morgan fingerprint density at radius 1 is 1.35 bits per heavy atom. The second-order valence-corrected chi connectivity index (χ2v) is 8.55. The van der Waals surface area contributed by atoms with Crippen LogP contribution in [0.1, 0.15) is 24.9 Å². The van der Waals surface area contributed by atoms with Crippen LogP contribution in [-0.4, -0.2) is 66.8 Å². The van der Waals surface area contributed by atoms with Crippen molar-refractivity contribution in [3.05, 3.63) is 17.6 Å². The summed E-state index contributed by atoms with van der Waals surface area (Å²) in [5.74, 6) is 1.20. The Labute approximate surface area is 138 Å². The number of β-amino-alcohol motifs (C(OH)–C–C–N with tert-alkyl or cyclic N) is 1. The third-order valence-corrected chi connectivity index (χ3v) is 6.03. The summed E-state index contributed by atoms with van der Waals surface area (Å²) in [7, 11) is -0.305. The third-order valence-electron chi connectivity index (χ3n) is 4.07. The van der Waals surface area contributed by atoms with E-state index < -0.39 is 16.1 Å². The van der Waals surface area contributed by atoms with Crippen molar-refractivity contribution in [1.29, 1.82) is 0 Å². The largest absolute Gasteiger partial charge is 0.391 e. The summed E-state index contributed by atoms with van der Waals surface area (Å²) in [6, 6.07) is 1.88. The molecule has 1 saturated heterocycles. The van der Waals surface area contributed by atoms with Crippen LogP contribution in [-0.2, 0) is 16.4 Å². The zero-order chi connectivity index (χ0) is 17.2. The predicted molar refractivity (Wildman–Crippen MR) is 89.9 cm³/mol. The molecule has 1 fully saturated rings. The molecule has 0 spiro atoms. The average Bonchev–Trinajstić information content (AvgIpc) is 2.79. The van der Waals surface area contributed by atoms with Crippen molar-refractivity contribution in [2.24, 2.45) is 5.92 Å². The molecule has 2 heterocycles. The van der Waals surface area contributed by atoms with Gasteiger partial charge in [-0.05, 0) is 13.3 Å². The first-order valence-corrected chi connectivity index (χ1v) is 9.51. The topological polar surface area (TPSA) is 86.6 Å². The fraction of sp³-hybridized carbons (Fsp3) is 0.733. The van der Waals surface area contributed by atoms with Crippen molar-refractivity contribution in [3.63, 3.8) is 0 Å². The summed E-state index contributed by atoms with van der Waals surface area (Å²) in [6.07, 6.45) is 1.10. The second-order valence-electron chi connectivity index (χ2n) is 6.33. The van der Waals surface area contributed by atoms with Crippen molar-refractivity contribution < 1.29 is 13.5 Å². The van der Waals surface area contributed by atoms with Gasteiger partial charge in [-0.1, -0.05) is 6.92 Å². The molecule has 1 aliphatic rings. The molecule has 0 bridgehead atoms. The molecule has 0 saturated carbocycles. The van der Waals surface area contributed by atoms with Crippen molar-refractivity contribution in [3.8, 4) is 0 Å². The lowest BCUT2D eigenvalue weighted by Gasteiger charge is -2.19. The number of aromatic nitrogens is 2. The molecule has 130 valence electrons. The number of anilines is 1. The molecule has 0 amide bonds. The Morgan fingerprint density at radius 3 is 2.65 bits per heavy atom. The van der Waals surface area contributed by atoms with Crippen molar-refractivity contribution in [2.45, 2.75) is 32.8 Å². The van der Waals surface area contributed by atoms with E-state index in [4.69, 9.17) is 0 Å². The minimum Gasteiger partial charge on any atom is -0.391 e. The van der Waals surface area contributed by atoms with E-state index in [1.54, 1.807) is 0 Å². The Hall–Kier alpha value is -1.25. The number of nitrogens with zero attached hydrogens (tertiary/aromatic N) is 4. The monoisotopic (exact) mass is 342 g/mol. The number of rotatable bonds is 6. The van der Waals surface area contributed by atoms with Crippen LogP contribution >= 0.6 is 0 Å². The predicted octanol–water partition coefficient (Wildman–Crippen LogP) is 0.426. The van der Waals surface area contributed by atoms with Crippen LogP contribution in [0.3, 0.4) is 0 Å². The summed E-state index contributed by atoms with van der Waals surface area (Å²) in [5.41, 5.74) is 0.886. The Bertz CT molecular complexity index is 648. The van der Waals surface area contributed by atoms with E-state index in [1.807, 2.05) is 17.9 Å². The number of aryl methyl sites for hydroxylation is 2. The molecule has 7 nitrogen and oxygen atoms in total. The lowest BCUT2D eigenvalue weighted by atomic mass is 10.1. The van der Waals surface area contributed by atoms with Gasteiger partial charge in [0, 0.05) is 51.3 Å². The first-order chi connectivity index (χ1) is 10.7. The fourth-order valence-electron chi connectivity index (χ4n) is 2.73. The zero-order valence-electron chi connectivity index (χ0n) is 14.2. The minimum absolute atomic E-state index is 0.0520. The molecule has 0 aromatic carbocycles. The van der Waals surface area contributed by atoms with Crippen LogP contribution in [0, 0.1) is 12.8 Å². The first-order valence-electron chi connectivity index (χ1n) is 7.90. The highest BCUT2D eigenvalue weighted by Crippen LogP contribution is 2.25. The number of aliphatic hydroxyl groups excluding tert-OH is 1. The second kappa shape index (κ2) is 7.11. The van der Waals surface area contributed by atoms with Gasteiger partial charge in [-0.25, -0.2) is 22.7 Å². The summed E-state index contributed by atoms with van der Waals surface area (Å²) in [5, 5.41) is 10.2. The van der Waals surface area contributed by atoms with Gasteiger partial charge in [-0.3, -0.25) is 0 Å². The number of hydrogen-bond acceptors (Lipinski definition) is 6. The maximum atomic E-state index is 12.0. The third kappa shape index (κ3) is 4.39. The molecule has 1 aromatic heterocycles. The standard InChI is InChI=1S/C15H26N4O3S/c1-5-6-14-16-11(2)7-15(17-14)19-8-12(13(20)9-19)10-23(21,22)18(3)4/h7,12-13,20H,5-6,8-10H2,1-4H3/t12-,13+/m0/s1. The molecule has 8 heteroatoms. The van der Waals surface area contributed by atoms with E-state index in [-0.39, 0.29) is 11.7 Å². The van der Waals surface area contributed by atoms with Crippen LogP contribution in [0.4, 0.5) is 5.82 Å². The smallest absolute Gasteiger partial charge is 0.214 e. The normalized spacial score (nSPS) is 22.1. The van der Waals surface area contributed by atoms with Crippen LogP contribution in [0.2, 0.25) is 0 Å². The van der Waals surface area contributed by atoms with Gasteiger partial charge in [0.15, 0.2) is 0 Å². The summed E-state index contributed by atoms with van der Waals surface area (Å²) < 4.78 is 25.3. The molecule has 1 aliphatic heterocycles. The van der Waals surface area contributed by atoms with Gasteiger partial charge in [0.1, 0.15) is 11.6 Å². The zero-order valence-corrected chi connectivity index (χ0v) is 15.0. The van der Waals surface area contributed by atoms with E-state index in [9.17, 15) is 13.5 Å². The SMILES string of the molecule is CCCc1nc(C)cc(N2C[C@@H](CS(=O)(=O)N(C)C)[C@H](O)C2)n1. The van der Waals surface area contributed by atoms with Crippen LogP contribution in [0.15, 0.2) is 6.07 Å². The van der Waals surface area contributed by atoms with Gasteiger partial charge in [0.2, 0.25) is 10.0 Å². The van der Waals surface area contributed by atoms with Gasteiger partial charge in [-0.2, -0.15) is 0 Å². The van der Waals surface area contributed by atoms with Crippen molar-refractivity contribution >= 4 is 15.8 Å². The molecular weight excluding hydrogens is 316 g/mol. The van der Waals surface area contributed by atoms with Crippen LogP contribution in [0.5, 0.6) is 0 Å². The Morgan fingerprint density at radius 2 is 2.04 bits per heavy atom. The van der Waals surface area contributed by atoms with Crippen LogP contribution < -0.4 is 4.90 Å². The lowest BCUT2D eigenvalue weighted by molar-refractivity contribution is 0.157. The maximum absolute atomic E-state index is 12.0. The Kier molecular flexibility index (Phi) is 5.59. The molecule has 1 aromatic rings. The minimum atomic E-state index is -3.33. The molecule has 1 N–H and O–H groups in total. The highest BCUT2D eigenvalue weighted by Gasteiger charge is 2.36. The van der Waals surface area contributed by atoms with Gasteiger partial charge in [0.25, 0.3) is 0 Å². The highest BCUT2D eigenvalue weighted by molar-refractivity contribution is 7.89. The molecule has 0 radical (unpaired) electrons. The van der Waals surface area contributed by atoms with Crippen molar-refractivity contribution in [1.82, 2.24) is 14.3 Å². The lowest BCUT2D eigenvalue weighted by Crippen LogP contribution is -2.33. The van der Waals surface area contributed by atoms with E-state index in [1.165, 1.54) is 18.4 Å². The number of hydrogen-bond donors (Lipinski definition) is 1. The van der Waals surface area contributed by atoms with Gasteiger partial charge < -0.3 is 10.0 Å². The quantitative estimate of drug-likeness (QED) is 0.807. The molecule has 2 rings (SSSR count). The molecular formula is C15H26N4O3S.